The zero-order valence-corrected chi connectivity index (χ0v) is 18.0. The van der Waals surface area contributed by atoms with Crippen LogP contribution in [0.2, 0.25) is 0 Å². The van der Waals surface area contributed by atoms with Crippen molar-refractivity contribution in [3.8, 4) is 17.0 Å². The molecule has 2 aromatic heterocycles. The molecule has 4 rings (SSSR count). The normalized spacial score (nSPS) is 14.9. The highest BCUT2D eigenvalue weighted by atomic mass is 32.1. The Morgan fingerprint density at radius 3 is 2.60 bits per heavy atom. The molecule has 0 radical (unpaired) electrons. The number of aromatic nitrogens is 1. The van der Waals surface area contributed by atoms with Crippen LogP contribution in [0.4, 0.5) is 5.69 Å². The fourth-order valence-corrected chi connectivity index (χ4v) is 4.57. The Morgan fingerprint density at radius 2 is 1.97 bits per heavy atom. The van der Waals surface area contributed by atoms with E-state index in [1.165, 1.54) is 11.3 Å². The van der Waals surface area contributed by atoms with Crippen molar-refractivity contribution in [2.24, 2.45) is 4.99 Å². The summed E-state index contributed by atoms with van der Waals surface area (Å²) in [5.41, 5.74) is 3.17. The molecule has 1 N–H and O–H groups in total. The summed E-state index contributed by atoms with van der Waals surface area (Å²) in [6.45, 7) is 6.68. The van der Waals surface area contributed by atoms with Crippen molar-refractivity contribution in [3.05, 3.63) is 40.8 Å². The molecule has 30 heavy (non-hydrogen) atoms. The SMILES string of the molecule is COc1ccc(-c2cc(C)c3c(N=C(C)N4CCOCC4)c(C(=O)O)sc3n2)cc1. The van der Waals surface area contributed by atoms with Crippen LogP contribution in [0.3, 0.4) is 0 Å². The summed E-state index contributed by atoms with van der Waals surface area (Å²) in [4.78, 5) is 24.4. The quantitative estimate of drug-likeness (QED) is 0.494. The molecule has 0 unspecified atom stereocenters. The Labute approximate surface area is 178 Å². The number of carboxylic acids is 1. The topological polar surface area (TPSA) is 84.2 Å². The van der Waals surface area contributed by atoms with E-state index < -0.39 is 5.97 Å². The van der Waals surface area contributed by atoms with Gasteiger partial charge in [-0.2, -0.15) is 0 Å². The van der Waals surface area contributed by atoms with Crippen LogP contribution in [0, 0.1) is 6.92 Å². The van der Waals surface area contributed by atoms with E-state index in [0.29, 0.717) is 23.7 Å². The van der Waals surface area contributed by atoms with Gasteiger partial charge >= 0.3 is 5.97 Å². The second kappa shape index (κ2) is 8.41. The first-order valence-corrected chi connectivity index (χ1v) is 10.5. The fraction of sp³-hybridized carbons (Fsp3) is 0.318. The predicted octanol–water partition coefficient (Wildman–Crippen LogP) is 4.36. The summed E-state index contributed by atoms with van der Waals surface area (Å²) in [7, 11) is 1.63. The Morgan fingerprint density at radius 1 is 1.27 bits per heavy atom. The minimum Gasteiger partial charge on any atom is -0.497 e. The number of fused-ring (bicyclic) bond motifs is 1. The van der Waals surface area contributed by atoms with Crippen LogP contribution in [-0.2, 0) is 4.74 Å². The molecule has 1 aliphatic heterocycles. The number of nitrogens with zero attached hydrogens (tertiary/aromatic N) is 3. The van der Waals surface area contributed by atoms with Crippen LogP contribution in [0.25, 0.3) is 21.5 Å². The first-order chi connectivity index (χ1) is 14.5. The number of hydrogen-bond donors (Lipinski definition) is 1. The second-order valence-corrected chi connectivity index (χ2v) is 8.08. The number of pyridine rings is 1. The summed E-state index contributed by atoms with van der Waals surface area (Å²) in [5, 5.41) is 10.6. The van der Waals surface area contributed by atoms with Crippen molar-refractivity contribution in [3.63, 3.8) is 0 Å². The number of carboxylic acid groups (broad SMARTS) is 1. The van der Waals surface area contributed by atoms with Crippen molar-refractivity contribution in [2.45, 2.75) is 13.8 Å². The minimum absolute atomic E-state index is 0.208. The maximum Gasteiger partial charge on any atom is 0.348 e. The average Bonchev–Trinajstić information content (AvgIpc) is 3.13. The molecule has 0 saturated carbocycles. The van der Waals surface area contributed by atoms with E-state index in [4.69, 9.17) is 19.5 Å². The van der Waals surface area contributed by atoms with Crippen molar-refractivity contribution >= 4 is 39.0 Å². The highest BCUT2D eigenvalue weighted by Gasteiger charge is 2.22. The number of amidine groups is 1. The van der Waals surface area contributed by atoms with E-state index in [1.54, 1.807) is 7.11 Å². The number of methoxy groups -OCH3 is 1. The molecule has 1 saturated heterocycles. The van der Waals surface area contributed by atoms with Gasteiger partial charge in [0, 0.05) is 24.0 Å². The van der Waals surface area contributed by atoms with Crippen LogP contribution >= 0.6 is 11.3 Å². The lowest BCUT2D eigenvalue weighted by molar-refractivity contribution is 0.0677. The molecule has 1 aromatic carbocycles. The lowest BCUT2D eigenvalue weighted by Crippen LogP contribution is -2.39. The Kier molecular flexibility index (Phi) is 5.69. The van der Waals surface area contributed by atoms with Crippen LogP contribution in [0.1, 0.15) is 22.2 Å². The van der Waals surface area contributed by atoms with Gasteiger partial charge in [-0.15, -0.1) is 11.3 Å². The monoisotopic (exact) mass is 425 g/mol. The highest BCUT2D eigenvalue weighted by Crippen LogP contribution is 2.40. The van der Waals surface area contributed by atoms with E-state index in [1.807, 2.05) is 44.2 Å². The number of aromatic carboxylic acids is 1. The third-order valence-electron chi connectivity index (χ3n) is 5.16. The van der Waals surface area contributed by atoms with Gasteiger partial charge in [0.05, 0.1) is 26.0 Å². The summed E-state index contributed by atoms with van der Waals surface area (Å²) in [6.07, 6.45) is 0. The molecule has 8 heteroatoms. The zero-order chi connectivity index (χ0) is 21.3. The number of morpholine rings is 1. The molecular formula is C22H23N3O4S. The van der Waals surface area contributed by atoms with Gasteiger partial charge in [0.25, 0.3) is 0 Å². The number of benzene rings is 1. The van der Waals surface area contributed by atoms with Crippen molar-refractivity contribution in [1.82, 2.24) is 9.88 Å². The van der Waals surface area contributed by atoms with Gasteiger partial charge < -0.3 is 19.5 Å². The largest absolute Gasteiger partial charge is 0.497 e. The van der Waals surface area contributed by atoms with Gasteiger partial charge in [-0.25, -0.2) is 14.8 Å². The molecule has 0 atom stereocenters. The minimum atomic E-state index is -0.989. The average molecular weight is 426 g/mol. The molecule has 156 valence electrons. The van der Waals surface area contributed by atoms with Gasteiger partial charge in [-0.05, 0) is 49.7 Å². The molecule has 1 aliphatic rings. The van der Waals surface area contributed by atoms with Crippen molar-refractivity contribution < 1.29 is 19.4 Å². The Hall–Kier alpha value is -2.97. The van der Waals surface area contributed by atoms with Gasteiger partial charge in [-0.3, -0.25) is 0 Å². The molecule has 0 spiro atoms. The number of ether oxygens (including phenoxy) is 2. The molecule has 0 bridgehead atoms. The number of carbonyl (C=O) groups is 1. The van der Waals surface area contributed by atoms with E-state index in [9.17, 15) is 9.90 Å². The number of rotatable bonds is 4. The van der Waals surface area contributed by atoms with Gasteiger partial charge in [0.15, 0.2) is 0 Å². The predicted molar refractivity (Wildman–Crippen MR) is 118 cm³/mol. The smallest absolute Gasteiger partial charge is 0.348 e. The third kappa shape index (κ3) is 3.88. The molecule has 3 aromatic rings. The summed E-state index contributed by atoms with van der Waals surface area (Å²) >= 11 is 1.17. The number of thiophene rings is 1. The van der Waals surface area contributed by atoms with E-state index in [-0.39, 0.29) is 4.88 Å². The number of hydrogen-bond acceptors (Lipinski definition) is 6. The van der Waals surface area contributed by atoms with E-state index >= 15 is 0 Å². The summed E-state index contributed by atoms with van der Waals surface area (Å²) in [5.74, 6) is 0.576. The maximum absolute atomic E-state index is 12.0. The van der Waals surface area contributed by atoms with Gasteiger partial charge in [0.2, 0.25) is 0 Å². The van der Waals surface area contributed by atoms with Crippen LogP contribution in [0.5, 0.6) is 5.75 Å². The first kappa shape index (κ1) is 20.3. The third-order valence-corrected chi connectivity index (χ3v) is 6.22. The van der Waals surface area contributed by atoms with Gasteiger partial charge in [-0.1, -0.05) is 0 Å². The van der Waals surface area contributed by atoms with E-state index in [0.717, 1.165) is 46.9 Å². The Bertz CT molecular complexity index is 1120. The van der Waals surface area contributed by atoms with E-state index in [2.05, 4.69) is 4.90 Å². The van der Waals surface area contributed by atoms with Crippen molar-refractivity contribution in [1.29, 1.82) is 0 Å². The molecule has 3 heterocycles. The molecule has 0 aliphatic carbocycles. The first-order valence-electron chi connectivity index (χ1n) is 9.67. The highest BCUT2D eigenvalue weighted by molar-refractivity contribution is 7.21. The fourth-order valence-electron chi connectivity index (χ4n) is 3.54. The number of aryl methyl sites for hydroxylation is 1. The summed E-state index contributed by atoms with van der Waals surface area (Å²) < 4.78 is 10.6. The Balaban J connectivity index is 1.81. The zero-order valence-electron chi connectivity index (χ0n) is 17.1. The lowest BCUT2D eigenvalue weighted by atomic mass is 10.1. The number of aliphatic imine (C=N–C) groups is 1. The molecule has 1 fully saturated rings. The second-order valence-electron chi connectivity index (χ2n) is 7.08. The maximum atomic E-state index is 12.0. The summed E-state index contributed by atoms with van der Waals surface area (Å²) in [6, 6.07) is 9.63. The van der Waals surface area contributed by atoms with Gasteiger partial charge in [0.1, 0.15) is 27.0 Å². The van der Waals surface area contributed by atoms with Crippen LogP contribution in [-0.4, -0.2) is 60.2 Å². The molecule has 0 amide bonds. The molecule has 7 nitrogen and oxygen atoms in total. The standard InChI is InChI=1S/C22H23N3O4S/c1-13-12-17(15-4-6-16(28-3)7-5-15)24-21-18(13)19(20(30-21)22(26)27)23-14(2)25-8-10-29-11-9-25/h4-7,12H,8-11H2,1-3H3,(H,26,27). The van der Waals surface area contributed by atoms with Crippen molar-refractivity contribution in [2.75, 3.05) is 33.4 Å². The van der Waals surface area contributed by atoms with Crippen LogP contribution in [0.15, 0.2) is 35.3 Å². The van der Waals surface area contributed by atoms with Crippen LogP contribution < -0.4 is 4.74 Å². The lowest BCUT2D eigenvalue weighted by Gasteiger charge is -2.28. The molecular weight excluding hydrogens is 402 g/mol.